The van der Waals surface area contributed by atoms with E-state index >= 15 is 0 Å². The molecule has 1 N–H and O–H groups in total. The zero-order valence-corrected chi connectivity index (χ0v) is 15.8. The maximum atomic E-state index is 12.4. The molecule has 8 heteroatoms. The molecule has 3 aromatic rings. The van der Waals surface area contributed by atoms with Crippen LogP contribution in [0.3, 0.4) is 0 Å². The Balaban J connectivity index is 1.69. The molecule has 1 amide bonds. The number of nitro groups is 1. The van der Waals surface area contributed by atoms with E-state index in [4.69, 9.17) is 16.3 Å². The average Bonchev–Trinajstić information content (AvgIpc) is 3.11. The second kappa shape index (κ2) is 8.20. The summed E-state index contributed by atoms with van der Waals surface area (Å²) >= 11 is 7.03. The van der Waals surface area contributed by atoms with Crippen LogP contribution >= 0.6 is 22.9 Å². The molecule has 1 heterocycles. The predicted molar refractivity (Wildman–Crippen MR) is 106 cm³/mol. The van der Waals surface area contributed by atoms with E-state index in [1.165, 1.54) is 29.5 Å². The van der Waals surface area contributed by atoms with Crippen molar-refractivity contribution in [3.05, 3.63) is 85.1 Å². The number of halogens is 1. The summed E-state index contributed by atoms with van der Waals surface area (Å²) in [6, 6.07) is 13.5. The number of nitro benzene ring substituents is 1. The summed E-state index contributed by atoms with van der Waals surface area (Å²) in [6.45, 7) is 2.29. The molecule has 0 saturated heterocycles. The van der Waals surface area contributed by atoms with Gasteiger partial charge in [0.05, 0.1) is 9.80 Å². The Morgan fingerprint density at radius 3 is 2.78 bits per heavy atom. The SMILES string of the molecule is Cc1ccccc1OCc1csc(C(=O)Nc2ccc(Cl)cc2[N+](=O)[O-])c1. The highest BCUT2D eigenvalue weighted by atomic mass is 35.5. The Kier molecular flexibility index (Phi) is 5.73. The number of rotatable bonds is 6. The van der Waals surface area contributed by atoms with Crippen LogP contribution in [0.25, 0.3) is 0 Å². The molecular formula is C19H15ClN2O4S. The van der Waals surface area contributed by atoms with Crippen LogP contribution in [0.5, 0.6) is 5.75 Å². The van der Waals surface area contributed by atoms with E-state index in [-0.39, 0.29) is 16.4 Å². The van der Waals surface area contributed by atoms with E-state index in [2.05, 4.69) is 5.32 Å². The molecule has 0 aliphatic heterocycles. The molecule has 6 nitrogen and oxygen atoms in total. The fraction of sp³-hybridized carbons (Fsp3) is 0.105. The predicted octanol–water partition coefficient (Wildman–Crippen LogP) is 5.45. The van der Waals surface area contributed by atoms with E-state index in [1.54, 1.807) is 6.07 Å². The molecule has 0 fully saturated rings. The van der Waals surface area contributed by atoms with Gasteiger partial charge in [0.15, 0.2) is 0 Å². The lowest BCUT2D eigenvalue weighted by Gasteiger charge is -2.07. The number of nitrogens with zero attached hydrogens (tertiary/aromatic N) is 1. The number of nitrogens with one attached hydrogen (secondary N) is 1. The number of carbonyl (C=O) groups is 1. The van der Waals surface area contributed by atoms with Crippen LogP contribution in [0.2, 0.25) is 5.02 Å². The van der Waals surface area contributed by atoms with Crippen LogP contribution in [0, 0.1) is 17.0 Å². The molecule has 0 spiro atoms. The summed E-state index contributed by atoms with van der Waals surface area (Å²) in [5, 5.41) is 15.7. The molecule has 0 aliphatic carbocycles. The molecule has 0 unspecified atom stereocenters. The Hall–Kier alpha value is -2.90. The third kappa shape index (κ3) is 4.64. The molecule has 2 aromatic carbocycles. The van der Waals surface area contributed by atoms with Gasteiger partial charge >= 0.3 is 0 Å². The standard InChI is InChI=1S/C19H15ClN2O4S/c1-12-4-2-3-5-17(12)26-10-13-8-18(27-11-13)19(23)21-15-7-6-14(20)9-16(15)22(24)25/h2-9,11H,10H2,1H3,(H,21,23). The molecule has 0 aliphatic rings. The second-order valence-electron chi connectivity index (χ2n) is 5.75. The van der Waals surface area contributed by atoms with Gasteiger partial charge in [-0.2, -0.15) is 0 Å². The van der Waals surface area contributed by atoms with Crippen molar-refractivity contribution < 1.29 is 14.5 Å². The first-order chi connectivity index (χ1) is 12.9. The summed E-state index contributed by atoms with van der Waals surface area (Å²) in [7, 11) is 0. The first-order valence-electron chi connectivity index (χ1n) is 7.95. The maximum absolute atomic E-state index is 12.4. The molecule has 1 aromatic heterocycles. The Morgan fingerprint density at radius 1 is 1.26 bits per heavy atom. The van der Waals surface area contributed by atoms with E-state index in [1.807, 2.05) is 36.6 Å². The molecule has 0 saturated carbocycles. The van der Waals surface area contributed by atoms with Crippen LogP contribution in [-0.2, 0) is 6.61 Å². The van der Waals surface area contributed by atoms with Crippen molar-refractivity contribution in [1.29, 1.82) is 0 Å². The van der Waals surface area contributed by atoms with Crippen LogP contribution in [-0.4, -0.2) is 10.8 Å². The molecule has 0 radical (unpaired) electrons. The maximum Gasteiger partial charge on any atom is 0.294 e. The summed E-state index contributed by atoms with van der Waals surface area (Å²) in [5.41, 5.74) is 1.72. The number of carbonyl (C=O) groups excluding carboxylic acids is 1. The number of anilines is 1. The molecule has 138 valence electrons. The van der Waals surface area contributed by atoms with Crippen LogP contribution in [0.1, 0.15) is 20.8 Å². The third-order valence-electron chi connectivity index (χ3n) is 3.77. The Bertz CT molecular complexity index is 1000. The minimum Gasteiger partial charge on any atom is -0.489 e. The van der Waals surface area contributed by atoms with E-state index < -0.39 is 10.8 Å². The average molecular weight is 403 g/mol. The lowest BCUT2D eigenvalue weighted by molar-refractivity contribution is -0.383. The first-order valence-corrected chi connectivity index (χ1v) is 9.21. The van der Waals surface area contributed by atoms with Crippen molar-refractivity contribution in [2.45, 2.75) is 13.5 Å². The normalized spacial score (nSPS) is 10.4. The molecule has 0 atom stereocenters. The minimum absolute atomic E-state index is 0.0977. The lowest BCUT2D eigenvalue weighted by atomic mass is 10.2. The molecule has 0 bridgehead atoms. The second-order valence-corrected chi connectivity index (χ2v) is 7.09. The van der Waals surface area contributed by atoms with Crippen molar-refractivity contribution in [2.75, 3.05) is 5.32 Å². The highest BCUT2D eigenvalue weighted by Crippen LogP contribution is 2.29. The van der Waals surface area contributed by atoms with Crippen LogP contribution in [0.15, 0.2) is 53.9 Å². The quantitative estimate of drug-likeness (QED) is 0.439. The number of hydrogen-bond donors (Lipinski definition) is 1. The number of ether oxygens (including phenoxy) is 1. The molecular weight excluding hydrogens is 388 g/mol. The van der Waals surface area contributed by atoms with Crippen LogP contribution in [0.4, 0.5) is 11.4 Å². The van der Waals surface area contributed by atoms with Gasteiger partial charge in [0, 0.05) is 16.7 Å². The zero-order chi connectivity index (χ0) is 19.4. The highest BCUT2D eigenvalue weighted by molar-refractivity contribution is 7.12. The van der Waals surface area contributed by atoms with Crippen molar-refractivity contribution >= 4 is 40.2 Å². The summed E-state index contributed by atoms with van der Waals surface area (Å²) in [6.07, 6.45) is 0. The summed E-state index contributed by atoms with van der Waals surface area (Å²) in [5.74, 6) is 0.360. The van der Waals surface area contributed by atoms with Gasteiger partial charge in [-0.05, 0) is 42.1 Å². The van der Waals surface area contributed by atoms with Gasteiger partial charge in [-0.1, -0.05) is 29.8 Å². The summed E-state index contributed by atoms with van der Waals surface area (Å²) < 4.78 is 5.77. The number of amides is 1. The van der Waals surface area contributed by atoms with Gasteiger partial charge in [0.1, 0.15) is 18.0 Å². The van der Waals surface area contributed by atoms with Crippen molar-refractivity contribution in [1.82, 2.24) is 0 Å². The van der Waals surface area contributed by atoms with Gasteiger partial charge in [-0.15, -0.1) is 11.3 Å². The monoisotopic (exact) mass is 402 g/mol. The Labute approximate surface area is 164 Å². The van der Waals surface area contributed by atoms with Gasteiger partial charge in [0.25, 0.3) is 11.6 Å². The van der Waals surface area contributed by atoms with Gasteiger partial charge in [-0.3, -0.25) is 14.9 Å². The van der Waals surface area contributed by atoms with Crippen molar-refractivity contribution in [2.24, 2.45) is 0 Å². The van der Waals surface area contributed by atoms with Gasteiger partial charge in [0.2, 0.25) is 0 Å². The summed E-state index contributed by atoms with van der Waals surface area (Å²) in [4.78, 5) is 23.4. The van der Waals surface area contributed by atoms with E-state index in [9.17, 15) is 14.9 Å². The lowest BCUT2D eigenvalue weighted by Crippen LogP contribution is -2.11. The van der Waals surface area contributed by atoms with Gasteiger partial charge < -0.3 is 10.1 Å². The number of benzene rings is 2. The minimum atomic E-state index is -0.586. The van der Waals surface area contributed by atoms with Crippen LogP contribution < -0.4 is 10.1 Å². The fourth-order valence-corrected chi connectivity index (χ4v) is 3.35. The first kappa shape index (κ1) is 18.9. The number of hydrogen-bond acceptors (Lipinski definition) is 5. The topological polar surface area (TPSA) is 81.5 Å². The number of thiophene rings is 1. The van der Waals surface area contributed by atoms with Crippen molar-refractivity contribution in [3.63, 3.8) is 0 Å². The zero-order valence-electron chi connectivity index (χ0n) is 14.3. The molecule has 27 heavy (non-hydrogen) atoms. The number of aryl methyl sites for hydroxylation is 1. The Morgan fingerprint density at radius 2 is 2.04 bits per heavy atom. The highest BCUT2D eigenvalue weighted by Gasteiger charge is 2.18. The smallest absolute Gasteiger partial charge is 0.294 e. The number of para-hydroxylation sites is 1. The van der Waals surface area contributed by atoms with Crippen molar-refractivity contribution in [3.8, 4) is 5.75 Å². The van der Waals surface area contributed by atoms with E-state index in [0.29, 0.717) is 11.5 Å². The largest absolute Gasteiger partial charge is 0.489 e. The fourth-order valence-electron chi connectivity index (χ4n) is 2.40. The van der Waals surface area contributed by atoms with Gasteiger partial charge in [-0.25, -0.2) is 0 Å². The third-order valence-corrected chi connectivity index (χ3v) is 4.98. The van der Waals surface area contributed by atoms with E-state index in [0.717, 1.165) is 16.9 Å². The molecule has 3 rings (SSSR count).